The number of carbonyl (C=O) groups excluding carboxylic acids is 1. The standard InChI is InChI=1S/C15H11ClF3N3O2/c16-11-4-1-9(2-5-11)13(20)22-14(23)10-3-6-12(21-7-10)24-8-15(17,18)19/h1-7H,8H2,(H2,20,22,23)/p+1. The number of nitrogens with two attached hydrogens (primary N) is 1. The number of benzene rings is 1. The molecule has 126 valence electrons. The molecule has 5 nitrogen and oxygen atoms in total. The summed E-state index contributed by atoms with van der Waals surface area (Å²) in [4.78, 5) is 18.2. The van der Waals surface area contributed by atoms with Gasteiger partial charge in [-0.3, -0.25) is 4.79 Å². The number of carbonyl (C=O) groups is 1. The van der Waals surface area contributed by atoms with E-state index in [9.17, 15) is 18.0 Å². The molecule has 0 aliphatic heterocycles. The third-order valence-corrected chi connectivity index (χ3v) is 3.04. The Kier molecular flexibility index (Phi) is 5.40. The van der Waals surface area contributed by atoms with E-state index in [1.165, 1.54) is 18.3 Å². The highest BCUT2D eigenvalue weighted by Crippen LogP contribution is 2.16. The van der Waals surface area contributed by atoms with E-state index >= 15 is 0 Å². The minimum absolute atomic E-state index is 0.00550. The van der Waals surface area contributed by atoms with Crippen molar-refractivity contribution >= 4 is 23.3 Å². The monoisotopic (exact) mass is 358 g/mol. The highest BCUT2D eigenvalue weighted by atomic mass is 35.5. The molecule has 3 N–H and O–H groups in total. The Morgan fingerprint density at radius 2 is 1.79 bits per heavy atom. The number of ether oxygens (including phenoxy) is 1. The number of alkyl halides is 3. The molecule has 1 aromatic carbocycles. The Bertz CT molecular complexity index is 744. The van der Waals surface area contributed by atoms with Gasteiger partial charge in [-0.1, -0.05) is 11.6 Å². The Morgan fingerprint density at radius 1 is 1.17 bits per heavy atom. The summed E-state index contributed by atoms with van der Waals surface area (Å²) in [6.07, 6.45) is -3.26. The van der Waals surface area contributed by atoms with E-state index < -0.39 is 18.7 Å². The Labute approximate surface area is 139 Å². The zero-order valence-corrected chi connectivity index (χ0v) is 12.9. The van der Waals surface area contributed by atoms with E-state index in [0.29, 0.717) is 10.6 Å². The van der Waals surface area contributed by atoms with Gasteiger partial charge in [0, 0.05) is 10.6 Å². The molecule has 0 saturated carbocycles. The fourth-order valence-electron chi connectivity index (χ4n) is 1.65. The summed E-state index contributed by atoms with van der Waals surface area (Å²) in [7, 11) is 0. The second kappa shape index (κ2) is 7.31. The summed E-state index contributed by atoms with van der Waals surface area (Å²) < 4.78 is 40.6. The summed E-state index contributed by atoms with van der Waals surface area (Å²) in [6, 6.07) is 8.90. The van der Waals surface area contributed by atoms with Crippen LogP contribution in [0.4, 0.5) is 13.2 Å². The molecule has 24 heavy (non-hydrogen) atoms. The van der Waals surface area contributed by atoms with Crippen molar-refractivity contribution in [2.45, 2.75) is 6.18 Å². The summed E-state index contributed by atoms with van der Waals surface area (Å²) >= 11 is 5.75. The molecule has 0 saturated heterocycles. The van der Waals surface area contributed by atoms with Crippen LogP contribution in [0.15, 0.2) is 47.6 Å². The summed E-state index contributed by atoms with van der Waals surface area (Å²) in [5.41, 5.74) is 6.37. The van der Waals surface area contributed by atoms with Gasteiger partial charge in [0.2, 0.25) is 0 Å². The zero-order valence-electron chi connectivity index (χ0n) is 12.1. The number of amidine groups is 1. The van der Waals surface area contributed by atoms with Crippen LogP contribution in [-0.2, 0) is 0 Å². The number of amides is 1. The van der Waals surface area contributed by atoms with Crippen molar-refractivity contribution in [1.29, 1.82) is 0 Å². The Hall–Kier alpha value is -2.61. The van der Waals surface area contributed by atoms with Gasteiger partial charge < -0.3 is 10.5 Å². The quantitative estimate of drug-likeness (QED) is 0.674. The Morgan fingerprint density at radius 3 is 2.33 bits per heavy atom. The highest BCUT2D eigenvalue weighted by Gasteiger charge is 2.29. The first-order valence-electron chi connectivity index (χ1n) is 6.60. The van der Waals surface area contributed by atoms with Crippen LogP contribution < -0.4 is 15.5 Å². The second-order valence-corrected chi connectivity index (χ2v) is 5.09. The number of nitrogens with one attached hydrogen (secondary N) is 1. The molecule has 9 heteroatoms. The van der Waals surface area contributed by atoms with E-state index in [1.54, 1.807) is 24.3 Å². The molecule has 0 atom stereocenters. The molecule has 0 spiro atoms. The summed E-state index contributed by atoms with van der Waals surface area (Å²) in [5.74, 6) is -0.784. The van der Waals surface area contributed by atoms with Crippen LogP contribution in [0.5, 0.6) is 5.88 Å². The van der Waals surface area contributed by atoms with Crippen LogP contribution in [0.1, 0.15) is 15.9 Å². The van der Waals surface area contributed by atoms with Gasteiger partial charge in [0.15, 0.2) is 12.8 Å². The van der Waals surface area contributed by atoms with Crippen molar-refractivity contribution in [3.8, 4) is 5.88 Å². The van der Waals surface area contributed by atoms with Crippen LogP contribution in [0.3, 0.4) is 0 Å². The van der Waals surface area contributed by atoms with E-state index in [2.05, 4.69) is 14.7 Å². The normalized spacial score (nSPS) is 12.1. The first-order valence-corrected chi connectivity index (χ1v) is 6.98. The van der Waals surface area contributed by atoms with Crippen molar-refractivity contribution in [1.82, 2.24) is 0 Å². The summed E-state index contributed by atoms with van der Waals surface area (Å²) in [5, 5.41) is 0.516. The molecule has 1 heterocycles. The maximum atomic E-state index is 12.0. The van der Waals surface area contributed by atoms with Gasteiger partial charge in [-0.25, -0.2) is 0 Å². The lowest BCUT2D eigenvalue weighted by atomic mass is 10.2. The lowest BCUT2D eigenvalue weighted by Gasteiger charge is -2.05. The number of pyridine rings is 1. The minimum atomic E-state index is -4.44. The fourth-order valence-corrected chi connectivity index (χ4v) is 1.78. The number of aromatic nitrogens is 1. The number of aliphatic imine (C=N–C) groups is 1. The minimum Gasteiger partial charge on any atom is -0.435 e. The second-order valence-electron chi connectivity index (χ2n) is 4.65. The van der Waals surface area contributed by atoms with Gasteiger partial charge in [-0.05, 0) is 30.3 Å². The number of nitrogens with zero attached hydrogens (tertiary/aromatic N) is 1. The predicted octanol–water partition coefficient (Wildman–Crippen LogP) is 2.64. The van der Waals surface area contributed by atoms with Crippen molar-refractivity contribution in [2.24, 2.45) is 10.7 Å². The lowest BCUT2D eigenvalue weighted by Crippen LogP contribution is -2.23. The largest absolute Gasteiger partial charge is 0.435 e. The zero-order chi connectivity index (χ0) is 17.7. The van der Waals surface area contributed by atoms with E-state index in [-0.39, 0.29) is 17.3 Å². The average molecular weight is 359 g/mol. The smallest absolute Gasteiger partial charge is 0.422 e. The van der Waals surface area contributed by atoms with Gasteiger partial charge >= 0.3 is 12.1 Å². The van der Waals surface area contributed by atoms with Crippen molar-refractivity contribution in [3.05, 3.63) is 58.7 Å². The van der Waals surface area contributed by atoms with Crippen LogP contribution in [0.25, 0.3) is 0 Å². The highest BCUT2D eigenvalue weighted by molar-refractivity contribution is 6.30. The molecule has 0 aliphatic rings. The first kappa shape index (κ1) is 17.7. The molecule has 1 amide bonds. The Balaban J connectivity index is 2.06. The fraction of sp³-hybridized carbons (Fsp3) is 0.133. The maximum absolute atomic E-state index is 12.0. The van der Waals surface area contributed by atoms with Gasteiger partial charge in [0.25, 0.3) is 5.91 Å². The number of aromatic amines is 1. The van der Waals surface area contributed by atoms with Crippen LogP contribution in [0, 0.1) is 0 Å². The molecular formula is C15H12ClF3N3O2+. The molecule has 2 aromatic rings. The predicted molar refractivity (Wildman–Crippen MR) is 81.1 cm³/mol. The number of hydrogen-bond acceptors (Lipinski definition) is 2. The molecular weight excluding hydrogens is 347 g/mol. The number of halogens is 4. The van der Waals surface area contributed by atoms with E-state index in [0.717, 1.165) is 0 Å². The van der Waals surface area contributed by atoms with Crippen LogP contribution in [0.2, 0.25) is 5.02 Å². The molecule has 0 radical (unpaired) electrons. The van der Waals surface area contributed by atoms with Crippen molar-refractivity contribution in [3.63, 3.8) is 0 Å². The van der Waals surface area contributed by atoms with Gasteiger partial charge in [-0.15, -0.1) is 0 Å². The molecule has 0 unspecified atom stereocenters. The number of hydrogen-bond donors (Lipinski definition) is 1. The van der Waals surface area contributed by atoms with Gasteiger partial charge in [-0.2, -0.15) is 23.1 Å². The number of rotatable bonds is 4. The maximum Gasteiger partial charge on any atom is 0.422 e. The molecule has 1 aromatic heterocycles. The lowest BCUT2D eigenvalue weighted by molar-refractivity contribution is -0.397. The number of H-pyrrole nitrogens is 1. The van der Waals surface area contributed by atoms with Crippen LogP contribution >= 0.6 is 11.6 Å². The molecule has 2 rings (SSSR count). The van der Waals surface area contributed by atoms with Crippen LogP contribution in [-0.4, -0.2) is 24.5 Å². The SMILES string of the molecule is NC(=NC(=O)c1ccc(OCC(F)(F)F)[nH+]c1)c1ccc(Cl)cc1. The molecule has 0 fully saturated rings. The summed E-state index contributed by atoms with van der Waals surface area (Å²) in [6.45, 7) is -1.43. The molecule has 0 aliphatic carbocycles. The van der Waals surface area contributed by atoms with E-state index in [4.69, 9.17) is 17.3 Å². The third-order valence-electron chi connectivity index (χ3n) is 2.78. The average Bonchev–Trinajstić information content (AvgIpc) is 2.53. The third kappa shape index (κ3) is 5.24. The van der Waals surface area contributed by atoms with Crippen molar-refractivity contribution in [2.75, 3.05) is 6.61 Å². The van der Waals surface area contributed by atoms with Gasteiger partial charge in [0.05, 0.1) is 6.07 Å². The topological polar surface area (TPSA) is 78.8 Å². The van der Waals surface area contributed by atoms with E-state index in [1.807, 2.05) is 0 Å². The van der Waals surface area contributed by atoms with Gasteiger partial charge in [0.1, 0.15) is 11.4 Å². The first-order chi connectivity index (χ1) is 11.2. The van der Waals surface area contributed by atoms with Crippen molar-refractivity contribution < 1.29 is 27.7 Å². The molecule has 0 bridgehead atoms.